The van der Waals surface area contributed by atoms with Gasteiger partial charge in [0.25, 0.3) is 0 Å². The molecule has 4 rings (SSSR count). The van der Waals surface area contributed by atoms with E-state index in [-0.39, 0.29) is 11.8 Å². The molecule has 1 atom stereocenters. The molecule has 2 aromatic rings. The lowest BCUT2D eigenvalue weighted by atomic mass is 10.1. The quantitative estimate of drug-likeness (QED) is 0.867. The van der Waals surface area contributed by atoms with Crippen LogP contribution in [0.4, 0.5) is 11.4 Å². The number of amides is 1. The van der Waals surface area contributed by atoms with Crippen LogP contribution >= 0.6 is 0 Å². The van der Waals surface area contributed by atoms with Gasteiger partial charge in [-0.3, -0.25) is 9.69 Å². The number of carbonyl (C=O) groups excluding carboxylic acids is 1. The summed E-state index contributed by atoms with van der Waals surface area (Å²) in [6.45, 7) is 5.04. The first-order chi connectivity index (χ1) is 13.3. The van der Waals surface area contributed by atoms with Crippen LogP contribution in [-0.2, 0) is 11.3 Å². The fraction of sp³-hybridized carbons (Fsp3) is 0.435. The molecular formula is C23H29N3O. The Hall–Kier alpha value is -2.33. The van der Waals surface area contributed by atoms with E-state index in [1.165, 1.54) is 30.5 Å². The molecule has 0 radical (unpaired) electrons. The molecule has 1 unspecified atom stereocenters. The number of benzene rings is 2. The zero-order chi connectivity index (χ0) is 18.5. The lowest BCUT2D eigenvalue weighted by Crippen LogP contribution is -2.29. The summed E-state index contributed by atoms with van der Waals surface area (Å²) < 4.78 is 0. The first kappa shape index (κ1) is 18.1. The summed E-state index contributed by atoms with van der Waals surface area (Å²) in [5.41, 5.74) is 3.48. The molecule has 0 aromatic heterocycles. The van der Waals surface area contributed by atoms with Gasteiger partial charge in [-0.1, -0.05) is 30.3 Å². The van der Waals surface area contributed by atoms with Crippen LogP contribution in [0, 0.1) is 5.92 Å². The van der Waals surface area contributed by atoms with Gasteiger partial charge in [0, 0.05) is 37.6 Å². The molecule has 4 nitrogen and oxygen atoms in total. The summed E-state index contributed by atoms with van der Waals surface area (Å²) in [6.07, 6.45) is 4.83. The lowest BCUT2D eigenvalue weighted by Gasteiger charge is -2.28. The van der Waals surface area contributed by atoms with Crippen molar-refractivity contribution >= 4 is 17.3 Å². The zero-order valence-electron chi connectivity index (χ0n) is 15.9. The predicted molar refractivity (Wildman–Crippen MR) is 111 cm³/mol. The second-order valence-corrected chi connectivity index (χ2v) is 7.79. The van der Waals surface area contributed by atoms with Crippen molar-refractivity contribution < 1.29 is 4.79 Å². The molecule has 1 amide bonds. The molecule has 4 heteroatoms. The summed E-state index contributed by atoms with van der Waals surface area (Å²) in [4.78, 5) is 17.5. The van der Waals surface area contributed by atoms with E-state index in [9.17, 15) is 4.79 Å². The maximum Gasteiger partial charge on any atom is 0.228 e. The Kier molecular flexibility index (Phi) is 5.73. The topological polar surface area (TPSA) is 35.6 Å². The van der Waals surface area contributed by atoms with Crippen LogP contribution < -0.4 is 10.2 Å². The van der Waals surface area contributed by atoms with Crippen LogP contribution in [0.15, 0.2) is 54.6 Å². The summed E-state index contributed by atoms with van der Waals surface area (Å²) >= 11 is 0. The highest BCUT2D eigenvalue weighted by Crippen LogP contribution is 2.24. The van der Waals surface area contributed by atoms with E-state index in [4.69, 9.17) is 0 Å². The molecular weight excluding hydrogens is 334 g/mol. The highest BCUT2D eigenvalue weighted by atomic mass is 16.1. The Morgan fingerprint density at radius 2 is 1.67 bits per heavy atom. The number of rotatable bonds is 5. The van der Waals surface area contributed by atoms with E-state index in [0.717, 1.165) is 44.8 Å². The largest absolute Gasteiger partial charge is 0.372 e. The van der Waals surface area contributed by atoms with Crippen molar-refractivity contribution in [2.24, 2.45) is 5.92 Å². The lowest BCUT2D eigenvalue weighted by molar-refractivity contribution is -0.119. The maximum absolute atomic E-state index is 12.7. The molecule has 2 heterocycles. The van der Waals surface area contributed by atoms with Gasteiger partial charge < -0.3 is 10.2 Å². The third-order valence-electron chi connectivity index (χ3n) is 5.75. The summed E-state index contributed by atoms with van der Waals surface area (Å²) in [5, 5.41) is 3.11. The van der Waals surface area contributed by atoms with Crippen molar-refractivity contribution in [3.05, 3.63) is 60.2 Å². The third kappa shape index (κ3) is 4.69. The number of likely N-dealkylation sites (tertiary alicyclic amines) is 1. The first-order valence-corrected chi connectivity index (χ1v) is 10.2. The highest BCUT2D eigenvalue weighted by Gasteiger charge is 2.28. The zero-order valence-corrected chi connectivity index (χ0v) is 15.9. The third-order valence-corrected chi connectivity index (χ3v) is 5.75. The number of carbonyl (C=O) groups is 1. The van der Waals surface area contributed by atoms with Gasteiger partial charge in [-0.25, -0.2) is 0 Å². The highest BCUT2D eigenvalue weighted by molar-refractivity contribution is 5.93. The monoisotopic (exact) mass is 363 g/mol. The molecule has 27 heavy (non-hydrogen) atoms. The maximum atomic E-state index is 12.7. The SMILES string of the molecule is O=C(Nc1ccc(N2CCCCC2)cc1)C1CCN(Cc2ccccc2)C1. The van der Waals surface area contributed by atoms with Crippen LogP contribution in [-0.4, -0.2) is 37.0 Å². The van der Waals surface area contributed by atoms with Gasteiger partial charge in [-0.05, 0) is 62.1 Å². The number of piperidine rings is 1. The summed E-state index contributed by atoms with van der Waals surface area (Å²) in [7, 11) is 0. The fourth-order valence-corrected chi connectivity index (χ4v) is 4.18. The van der Waals surface area contributed by atoms with Crippen molar-refractivity contribution in [1.29, 1.82) is 0 Å². The Morgan fingerprint density at radius 3 is 2.41 bits per heavy atom. The van der Waals surface area contributed by atoms with Crippen LogP contribution in [0.2, 0.25) is 0 Å². The van der Waals surface area contributed by atoms with Gasteiger partial charge in [0.15, 0.2) is 0 Å². The van der Waals surface area contributed by atoms with Gasteiger partial charge in [0.1, 0.15) is 0 Å². The number of anilines is 2. The molecule has 0 aliphatic carbocycles. The number of nitrogens with zero attached hydrogens (tertiary/aromatic N) is 2. The van der Waals surface area contributed by atoms with E-state index < -0.39 is 0 Å². The molecule has 0 bridgehead atoms. The molecule has 2 aliphatic heterocycles. The standard InChI is InChI=1S/C23H29N3O/c27-23(20-13-16-25(18-20)17-19-7-3-1-4-8-19)24-21-9-11-22(12-10-21)26-14-5-2-6-15-26/h1,3-4,7-12,20H,2,5-6,13-18H2,(H,24,27). The van der Waals surface area contributed by atoms with Crippen molar-refractivity contribution in [1.82, 2.24) is 4.90 Å². The first-order valence-electron chi connectivity index (χ1n) is 10.2. The Bertz CT molecular complexity index is 738. The van der Waals surface area contributed by atoms with E-state index in [1.807, 2.05) is 18.2 Å². The van der Waals surface area contributed by atoms with Crippen molar-refractivity contribution in [3.8, 4) is 0 Å². The van der Waals surface area contributed by atoms with E-state index in [2.05, 4.69) is 51.5 Å². The summed E-state index contributed by atoms with van der Waals surface area (Å²) in [5.74, 6) is 0.228. The second-order valence-electron chi connectivity index (χ2n) is 7.79. The Morgan fingerprint density at radius 1 is 0.926 bits per heavy atom. The average Bonchev–Trinajstić information content (AvgIpc) is 3.19. The van der Waals surface area contributed by atoms with Crippen molar-refractivity contribution in [2.45, 2.75) is 32.2 Å². The van der Waals surface area contributed by atoms with Gasteiger partial charge in [-0.15, -0.1) is 0 Å². The minimum atomic E-state index is 0.0792. The van der Waals surface area contributed by atoms with Gasteiger partial charge in [-0.2, -0.15) is 0 Å². The molecule has 1 N–H and O–H groups in total. The minimum Gasteiger partial charge on any atom is -0.372 e. The Labute approximate surface area is 162 Å². The minimum absolute atomic E-state index is 0.0792. The predicted octanol–water partition coefficient (Wildman–Crippen LogP) is 4.14. The van der Waals surface area contributed by atoms with E-state index >= 15 is 0 Å². The average molecular weight is 364 g/mol. The van der Waals surface area contributed by atoms with Gasteiger partial charge in [0.05, 0.1) is 5.92 Å². The molecule has 0 spiro atoms. The Balaban J connectivity index is 1.29. The molecule has 2 saturated heterocycles. The van der Waals surface area contributed by atoms with Gasteiger partial charge >= 0.3 is 0 Å². The fourth-order valence-electron chi connectivity index (χ4n) is 4.18. The molecule has 2 aliphatic rings. The molecule has 2 fully saturated rings. The molecule has 142 valence electrons. The van der Waals surface area contributed by atoms with E-state index in [0.29, 0.717) is 0 Å². The number of nitrogens with one attached hydrogen (secondary N) is 1. The van der Waals surface area contributed by atoms with Crippen molar-refractivity contribution in [3.63, 3.8) is 0 Å². The number of hydrogen-bond acceptors (Lipinski definition) is 3. The van der Waals surface area contributed by atoms with Crippen LogP contribution in [0.1, 0.15) is 31.2 Å². The van der Waals surface area contributed by atoms with Crippen LogP contribution in [0.5, 0.6) is 0 Å². The molecule has 2 aromatic carbocycles. The normalized spacial score (nSPS) is 20.6. The van der Waals surface area contributed by atoms with Crippen LogP contribution in [0.25, 0.3) is 0 Å². The van der Waals surface area contributed by atoms with E-state index in [1.54, 1.807) is 0 Å². The van der Waals surface area contributed by atoms with Crippen LogP contribution in [0.3, 0.4) is 0 Å². The smallest absolute Gasteiger partial charge is 0.228 e. The number of hydrogen-bond donors (Lipinski definition) is 1. The second kappa shape index (κ2) is 8.57. The summed E-state index contributed by atoms with van der Waals surface area (Å²) in [6, 6.07) is 18.8. The molecule has 0 saturated carbocycles. The van der Waals surface area contributed by atoms with Gasteiger partial charge in [0.2, 0.25) is 5.91 Å². The van der Waals surface area contributed by atoms with Crippen molar-refractivity contribution in [2.75, 3.05) is 36.4 Å².